The summed E-state index contributed by atoms with van der Waals surface area (Å²) in [7, 11) is 0. The zero-order chi connectivity index (χ0) is 11.7. The smallest absolute Gasteiger partial charge is 0.150 e. The molecule has 0 aliphatic heterocycles. The maximum atomic E-state index is 13.9. The number of furan rings is 1. The van der Waals surface area contributed by atoms with Crippen LogP contribution in [0.15, 0.2) is 39.6 Å². The normalized spacial score (nSPS) is 10.7. The van der Waals surface area contributed by atoms with E-state index in [4.69, 9.17) is 9.15 Å². The van der Waals surface area contributed by atoms with Crippen molar-refractivity contribution in [2.45, 2.75) is 13.5 Å². The second kappa shape index (κ2) is 4.29. The minimum absolute atomic E-state index is 0.168. The lowest BCUT2D eigenvalue weighted by Gasteiger charge is -2.07. The molecule has 0 unspecified atom stereocenters. The van der Waals surface area contributed by atoms with Gasteiger partial charge in [0.25, 0.3) is 0 Å². The molecular formula is C12H10BrFO2. The van der Waals surface area contributed by atoms with Crippen LogP contribution in [0.2, 0.25) is 0 Å². The molecule has 84 valence electrons. The summed E-state index contributed by atoms with van der Waals surface area (Å²) < 4.78 is 25.0. The number of benzene rings is 1. The molecule has 2 aromatic rings. The quantitative estimate of drug-likeness (QED) is 0.781. The lowest BCUT2D eigenvalue weighted by molar-refractivity contribution is 0.199. The number of ether oxygens (including phenoxy) is 1. The molecule has 0 amide bonds. The molecule has 0 radical (unpaired) electrons. The fourth-order valence-corrected chi connectivity index (χ4v) is 2.01. The van der Waals surface area contributed by atoms with E-state index in [0.717, 1.165) is 0 Å². The summed E-state index contributed by atoms with van der Waals surface area (Å²) in [5, 5.41) is 0.453. The monoisotopic (exact) mass is 284 g/mol. The van der Waals surface area contributed by atoms with Crippen molar-refractivity contribution in [3.05, 3.63) is 46.6 Å². The fourth-order valence-electron chi connectivity index (χ4n) is 1.43. The first-order valence-electron chi connectivity index (χ1n) is 4.72. The lowest BCUT2D eigenvalue weighted by atomic mass is 10.1. The van der Waals surface area contributed by atoms with Gasteiger partial charge in [-0.25, -0.2) is 4.39 Å². The Kier molecular flexibility index (Phi) is 3.01. The van der Waals surface area contributed by atoms with Crippen molar-refractivity contribution in [3.63, 3.8) is 0 Å². The minimum atomic E-state index is -0.312. The molecule has 0 fully saturated rings. The highest BCUT2D eigenvalue weighted by molar-refractivity contribution is 9.10. The Bertz CT molecular complexity index is 545. The van der Waals surface area contributed by atoms with Gasteiger partial charge in [-0.3, -0.25) is 0 Å². The van der Waals surface area contributed by atoms with E-state index in [1.165, 1.54) is 6.26 Å². The molecule has 1 aromatic carbocycles. The molecule has 1 heterocycles. The van der Waals surface area contributed by atoms with Crippen LogP contribution in [0.4, 0.5) is 4.39 Å². The summed E-state index contributed by atoms with van der Waals surface area (Å²) in [6.07, 6.45) is 1.46. The van der Waals surface area contributed by atoms with Crippen LogP contribution in [-0.2, 0) is 11.3 Å². The van der Waals surface area contributed by atoms with E-state index >= 15 is 0 Å². The third-order valence-electron chi connectivity index (χ3n) is 2.18. The summed E-state index contributed by atoms with van der Waals surface area (Å²) in [6.45, 7) is 5.49. The highest BCUT2D eigenvalue weighted by Gasteiger charge is 2.13. The van der Waals surface area contributed by atoms with E-state index in [-0.39, 0.29) is 12.4 Å². The van der Waals surface area contributed by atoms with Crippen molar-refractivity contribution >= 4 is 26.9 Å². The molecule has 0 spiro atoms. The summed E-state index contributed by atoms with van der Waals surface area (Å²) in [5.74, 6) is 0.246. The second-order valence-electron chi connectivity index (χ2n) is 3.49. The predicted octanol–water partition coefficient (Wildman–Crippen LogP) is 4.38. The highest BCUT2D eigenvalue weighted by atomic mass is 79.9. The van der Waals surface area contributed by atoms with Crippen LogP contribution >= 0.6 is 15.9 Å². The average molecular weight is 285 g/mol. The fraction of sp³-hybridized carbons (Fsp3) is 0.167. The van der Waals surface area contributed by atoms with Crippen LogP contribution in [0.25, 0.3) is 11.0 Å². The summed E-state index contributed by atoms with van der Waals surface area (Å²) in [5.41, 5.74) is 0.986. The number of hydrogen-bond acceptors (Lipinski definition) is 2. The van der Waals surface area contributed by atoms with Crippen molar-refractivity contribution in [3.8, 4) is 0 Å². The summed E-state index contributed by atoms with van der Waals surface area (Å²) in [4.78, 5) is 0. The van der Waals surface area contributed by atoms with Gasteiger partial charge >= 0.3 is 0 Å². The summed E-state index contributed by atoms with van der Waals surface area (Å²) in [6, 6.07) is 3.25. The molecule has 0 saturated carbocycles. The maximum absolute atomic E-state index is 13.9. The Balaban J connectivity index is 2.45. The second-order valence-corrected chi connectivity index (χ2v) is 4.34. The molecule has 0 aliphatic rings. The largest absolute Gasteiger partial charge is 0.494 e. The molecule has 4 heteroatoms. The zero-order valence-electron chi connectivity index (χ0n) is 8.72. The van der Waals surface area contributed by atoms with Crippen LogP contribution in [0.1, 0.15) is 12.5 Å². The number of rotatable bonds is 3. The predicted molar refractivity (Wildman–Crippen MR) is 63.5 cm³/mol. The number of halogens is 2. The molecule has 0 atom stereocenters. The average Bonchev–Trinajstić information content (AvgIpc) is 2.70. The Morgan fingerprint density at radius 2 is 2.38 bits per heavy atom. The number of fused-ring (bicyclic) bond motifs is 1. The Morgan fingerprint density at radius 3 is 3.06 bits per heavy atom. The van der Waals surface area contributed by atoms with Crippen molar-refractivity contribution < 1.29 is 13.5 Å². The Morgan fingerprint density at radius 1 is 1.62 bits per heavy atom. The van der Waals surface area contributed by atoms with Gasteiger partial charge in [0.05, 0.1) is 21.9 Å². The van der Waals surface area contributed by atoms with Gasteiger partial charge in [0.15, 0.2) is 5.58 Å². The van der Waals surface area contributed by atoms with Crippen molar-refractivity contribution in [2.75, 3.05) is 0 Å². The van der Waals surface area contributed by atoms with Gasteiger partial charge in [0.2, 0.25) is 0 Å². The molecule has 1 aromatic heterocycles. The van der Waals surface area contributed by atoms with E-state index in [0.29, 0.717) is 26.8 Å². The van der Waals surface area contributed by atoms with Gasteiger partial charge in [0.1, 0.15) is 12.4 Å². The van der Waals surface area contributed by atoms with E-state index in [2.05, 4.69) is 22.5 Å². The molecule has 0 N–H and O–H groups in total. The molecular weight excluding hydrogens is 275 g/mol. The summed E-state index contributed by atoms with van der Waals surface area (Å²) >= 11 is 3.33. The van der Waals surface area contributed by atoms with Crippen LogP contribution in [-0.4, -0.2) is 0 Å². The third-order valence-corrected chi connectivity index (χ3v) is 2.76. The first-order chi connectivity index (χ1) is 7.59. The van der Waals surface area contributed by atoms with Crippen molar-refractivity contribution in [1.82, 2.24) is 0 Å². The minimum Gasteiger partial charge on any atom is -0.494 e. The highest BCUT2D eigenvalue weighted by Crippen LogP contribution is 2.30. The number of hydrogen-bond donors (Lipinski definition) is 0. The van der Waals surface area contributed by atoms with Gasteiger partial charge in [-0.2, -0.15) is 0 Å². The van der Waals surface area contributed by atoms with E-state index in [1.807, 2.05) is 0 Å². The van der Waals surface area contributed by atoms with Gasteiger partial charge in [-0.1, -0.05) is 6.58 Å². The van der Waals surface area contributed by atoms with Crippen LogP contribution in [0, 0.1) is 5.82 Å². The van der Waals surface area contributed by atoms with Crippen molar-refractivity contribution in [1.29, 1.82) is 0 Å². The molecule has 0 aliphatic carbocycles. The van der Waals surface area contributed by atoms with E-state index in [9.17, 15) is 4.39 Å². The maximum Gasteiger partial charge on any atom is 0.150 e. The van der Waals surface area contributed by atoms with Crippen molar-refractivity contribution in [2.24, 2.45) is 0 Å². The zero-order valence-corrected chi connectivity index (χ0v) is 10.3. The van der Waals surface area contributed by atoms with E-state index in [1.54, 1.807) is 19.1 Å². The standard InChI is InChI=1S/C12H10BrFO2/c1-7(2)16-6-8-5-10(13)12-9(11(8)14)3-4-15-12/h3-5H,1,6H2,2H3. The Hall–Kier alpha value is -1.29. The molecule has 0 saturated heterocycles. The Labute approximate surface area is 101 Å². The lowest BCUT2D eigenvalue weighted by Crippen LogP contribution is -1.95. The topological polar surface area (TPSA) is 22.4 Å². The molecule has 2 nitrogen and oxygen atoms in total. The first-order valence-corrected chi connectivity index (χ1v) is 5.51. The third kappa shape index (κ3) is 1.97. The number of allylic oxidation sites excluding steroid dienone is 1. The molecule has 16 heavy (non-hydrogen) atoms. The van der Waals surface area contributed by atoms with Gasteiger partial charge in [-0.15, -0.1) is 0 Å². The van der Waals surface area contributed by atoms with Gasteiger partial charge in [-0.05, 0) is 35.0 Å². The van der Waals surface area contributed by atoms with Crippen LogP contribution < -0.4 is 0 Å². The van der Waals surface area contributed by atoms with Crippen LogP contribution in [0.3, 0.4) is 0 Å². The first kappa shape index (κ1) is 11.2. The van der Waals surface area contributed by atoms with Crippen LogP contribution in [0.5, 0.6) is 0 Å². The molecule has 0 bridgehead atoms. The van der Waals surface area contributed by atoms with Gasteiger partial charge in [0, 0.05) is 5.56 Å². The SMILES string of the molecule is C=C(C)OCc1cc(Br)c2occc2c1F. The van der Waals surface area contributed by atoms with Gasteiger partial charge < -0.3 is 9.15 Å². The molecule has 2 rings (SSSR count). The van der Waals surface area contributed by atoms with E-state index < -0.39 is 0 Å².